The molecule has 2 rings (SSSR count). The van der Waals surface area contributed by atoms with Crippen LogP contribution < -0.4 is 5.73 Å². The molecule has 2 unspecified atom stereocenters. The first-order chi connectivity index (χ1) is 5.72. The van der Waals surface area contributed by atoms with E-state index >= 15 is 0 Å². The molecule has 2 atom stereocenters. The molecule has 2 N–H and O–H groups in total. The van der Waals surface area contributed by atoms with Crippen molar-refractivity contribution in [2.75, 3.05) is 13.2 Å². The minimum absolute atomic E-state index is 0.275. The van der Waals surface area contributed by atoms with Crippen molar-refractivity contribution in [3.63, 3.8) is 0 Å². The second kappa shape index (κ2) is 2.83. The normalized spacial score (nSPS) is 37.1. The number of nitrogens with two attached hydrogens (primary N) is 1. The Morgan fingerprint density at radius 3 is 2.00 bits per heavy atom. The molecule has 2 aliphatic heterocycles. The van der Waals surface area contributed by atoms with Gasteiger partial charge in [-0.25, -0.2) is 0 Å². The minimum atomic E-state index is -0.275. The van der Waals surface area contributed by atoms with E-state index in [1.807, 2.05) is 6.08 Å². The highest BCUT2D eigenvalue weighted by molar-refractivity contribution is 5.05. The molecule has 0 aromatic carbocycles. The van der Waals surface area contributed by atoms with Crippen molar-refractivity contribution in [2.24, 2.45) is 5.73 Å². The summed E-state index contributed by atoms with van der Waals surface area (Å²) in [5.41, 5.74) is 5.83. The third-order valence-electron chi connectivity index (χ3n) is 2.43. The highest BCUT2D eigenvalue weighted by Crippen LogP contribution is 2.29. The van der Waals surface area contributed by atoms with Gasteiger partial charge in [0.05, 0.1) is 25.4 Å². The van der Waals surface area contributed by atoms with Crippen LogP contribution in [0.2, 0.25) is 0 Å². The monoisotopic (exact) mass is 169 g/mol. The van der Waals surface area contributed by atoms with Gasteiger partial charge in [-0.3, -0.25) is 0 Å². The fourth-order valence-corrected chi connectivity index (χ4v) is 1.47. The summed E-state index contributed by atoms with van der Waals surface area (Å²) in [7, 11) is 0. The molecular weight excluding hydrogens is 154 g/mol. The maximum absolute atomic E-state index is 6.10. The van der Waals surface area contributed by atoms with Crippen LogP contribution >= 0.6 is 0 Å². The van der Waals surface area contributed by atoms with E-state index < -0.39 is 0 Å². The van der Waals surface area contributed by atoms with Crippen molar-refractivity contribution in [3.8, 4) is 0 Å². The van der Waals surface area contributed by atoms with Crippen LogP contribution in [0.25, 0.3) is 0 Å². The molecule has 2 heterocycles. The first-order valence-corrected chi connectivity index (χ1v) is 4.37. The van der Waals surface area contributed by atoms with Crippen molar-refractivity contribution in [1.82, 2.24) is 0 Å². The molecule has 2 saturated heterocycles. The second-order valence-electron chi connectivity index (χ2n) is 3.76. The summed E-state index contributed by atoms with van der Waals surface area (Å²) in [6.45, 7) is 5.48. The lowest BCUT2D eigenvalue weighted by atomic mass is 9.90. The number of rotatable bonds is 5. The Hall–Kier alpha value is -0.380. The predicted octanol–water partition coefficient (Wildman–Crippen LogP) is 0.448. The van der Waals surface area contributed by atoms with Gasteiger partial charge in [-0.1, -0.05) is 6.08 Å². The van der Waals surface area contributed by atoms with Crippen LogP contribution in [0.4, 0.5) is 0 Å². The van der Waals surface area contributed by atoms with Gasteiger partial charge in [0.1, 0.15) is 0 Å². The zero-order chi connectivity index (χ0) is 8.60. The van der Waals surface area contributed by atoms with Gasteiger partial charge in [0.15, 0.2) is 0 Å². The van der Waals surface area contributed by atoms with E-state index in [4.69, 9.17) is 15.2 Å². The number of hydrogen-bond acceptors (Lipinski definition) is 3. The van der Waals surface area contributed by atoms with Crippen LogP contribution in [-0.4, -0.2) is 31.0 Å². The molecule has 0 aromatic heterocycles. The number of epoxide rings is 2. The van der Waals surface area contributed by atoms with E-state index in [0.29, 0.717) is 12.2 Å². The van der Waals surface area contributed by atoms with E-state index in [2.05, 4.69) is 6.58 Å². The maximum atomic E-state index is 6.10. The van der Waals surface area contributed by atoms with Crippen molar-refractivity contribution in [1.29, 1.82) is 0 Å². The Kier molecular flexibility index (Phi) is 1.94. The van der Waals surface area contributed by atoms with Gasteiger partial charge in [0.2, 0.25) is 0 Å². The summed E-state index contributed by atoms with van der Waals surface area (Å²) in [5.74, 6) is 0. The zero-order valence-electron chi connectivity index (χ0n) is 7.16. The Morgan fingerprint density at radius 2 is 1.75 bits per heavy atom. The summed E-state index contributed by atoms with van der Waals surface area (Å²) >= 11 is 0. The fourth-order valence-electron chi connectivity index (χ4n) is 1.47. The number of hydrogen-bond donors (Lipinski definition) is 1. The highest BCUT2D eigenvalue weighted by Gasteiger charge is 2.38. The molecule has 3 nitrogen and oxygen atoms in total. The second-order valence-corrected chi connectivity index (χ2v) is 3.76. The van der Waals surface area contributed by atoms with Crippen LogP contribution in [0.5, 0.6) is 0 Å². The molecule has 3 heteroatoms. The Morgan fingerprint density at radius 1 is 1.33 bits per heavy atom. The summed E-state index contributed by atoms with van der Waals surface area (Å²) in [6, 6.07) is 0. The van der Waals surface area contributed by atoms with Gasteiger partial charge in [0.25, 0.3) is 0 Å². The lowest BCUT2D eigenvalue weighted by Crippen LogP contribution is -2.40. The molecule has 0 aliphatic carbocycles. The molecule has 0 amide bonds. The predicted molar refractivity (Wildman–Crippen MR) is 45.8 cm³/mol. The lowest BCUT2D eigenvalue weighted by molar-refractivity contribution is 0.308. The van der Waals surface area contributed by atoms with Crippen LogP contribution in [0.15, 0.2) is 12.7 Å². The molecule has 0 aromatic rings. The molecule has 2 fully saturated rings. The van der Waals surface area contributed by atoms with Gasteiger partial charge in [0, 0.05) is 5.54 Å². The summed E-state index contributed by atoms with van der Waals surface area (Å²) in [6.07, 6.45) is 4.33. The Bertz CT molecular complexity index is 171. The maximum Gasteiger partial charge on any atom is 0.0830 e. The molecule has 68 valence electrons. The van der Waals surface area contributed by atoms with E-state index in [-0.39, 0.29) is 5.54 Å². The first-order valence-electron chi connectivity index (χ1n) is 4.37. The van der Waals surface area contributed by atoms with Crippen LogP contribution in [0, 0.1) is 0 Å². The standard InChI is InChI=1S/C9H15NO2/c1-2-9(10,3-7-5-11-7)4-8-6-12-8/h2,7-8H,1,3-6,10H2. The van der Waals surface area contributed by atoms with E-state index in [9.17, 15) is 0 Å². The van der Waals surface area contributed by atoms with Gasteiger partial charge < -0.3 is 15.2 Å². The zero-order valence-corrected chi connectivity index (χ0v) is 7.16. The van der Waals surface area contributed by atoms with Crippen LogP contribution in [-0.2, 0) is 9.47 Å². The first kappa shape index (κ1) is 8.23. The van der Waals surface area contributed by atoms with E-state index in [0.717, 1.165) is 26.1 Å². The van der Waals surface area contributed by atoms with Crippen LogP contribution in [0.3, 0.4) is 0 Å². The van der Waals surface area contributed by atoms with E-state index in [1.165, 1.54) is 0 Å². The molecule has 0 spiro atoms. The average molecular weight is 169 g/mol. The highest BCUT2D eigenvalue weighted by atomic mass is 16.6. The largest absolute Gasteiger partial charge is 0.373 e. The Labute approximate surface area is 72.5 Å². The summed E-state index contributed by atoms with van der Waals surface area (Å²) < 4.78 is 10.3. The van der Waals surface area contributed by atoms with Crippen LogP contribution in [0.1, 0.15) is 12.8 Å². The molecule has 0 saturated carbocycles. The van der Waals surface area contributed by atoms with Gasteiger partial charge in [-0.15, -0.1) is 6.58 Å². The smallest absolute Gasteiger partial charge is 0.0830 e. The molecule has 0 radical (unpaired) electrons. The van der Waals surface area contributed by atoms with Crippen molar-refractivity contribution >= 4 is 0 Å². The average Bonchev–Trinajstić information content (AvgIpc) is 2.85. The summed E-state index contributed by atoms with van der Waals surface area (Å²) in [4.78, 5) is 0. The molecule has 2 aliphatic rings. The summed E-state index contributed by atoms with van der Waals surface area (Å²) in [5, 5.41) is 0. The molecular formula is C9H15NO2. The minimum Gasteiger partial charge on any atom is -0.373 e. The van der Waals surface area contributed by atoms with Gasteiger partial charge in [-0.2, -0.15) is 0 Å². The SMILES string of the molecule is C=CC(N)(CC1CO1)CC1CO1. The third kappa shape index (κ3) is 2.06. The topological polar surface area (TPSA) is 51.1 Å². The van der Waals surface area contributed by atoms with Crippen molar-refractivity contribution in [2.45, 2.75) is 30.6 Å². The lowest BCUT2D eigenvalue weighted by Gasteiger charge is -2.23. The molecule has 0 bridgehead atoms. The van der Waals surface area contributed by atoms with Crippen molar-refractivity contribution in [3.05, 3.63) is 12.7 Å². The third-order valence-corrected chi connectivity index (χ3v) is 2.43. The quantitative estimate of drug-likeness (QED) is 0.480. The van der Waals surface area contributed by atoms with Gasteiger partial charge in [-0.05, 0) is 12.8 Å². The number of ether oxygens (including phenoxy) is 2. The molecule has 12 heavy (non-hydrogen) atoms. The Balaban J connectivity index is 1.85. The fraction of sp³-hybridized carbons (Fsp3) is 0.778. The van der Waals surface area contributed by atoms with E-state index in [1.54, 1.807) is 0 Å². The van der Waals surface area contributed by atoms with Crippen molar-refractivity contribution < 1.29 is 9.47 Å². The van der Waals surface area contributed by atoms with Gasteiger partial charge >= 0.3 is 0 Å².